The fourth-order valence-electron chi connectivity index (χ4n) is 3.55. The van der Waals surface area contributed by atoms with Gasteiger partial charge >= 0.3 is 0 Å². The fourth-order valence-corrected chi connectivity index (χ4v) is 4.61. The van der Waals surface area contributed by atoms with E-state index in [0.29, 0.717) is 6.54 Å². The maximum atomic E-state index is 13.0. The molecule has 144 valence electrons. The minimum absolute atomic E-state index is 0.0376. The lowest BCUT2D eigenvalue weighted by molar-refractivity contribution is 0.0533. The number of thioether (sulfide) groups is 1. The molecule has 0 saturated carbocycles. The Morgan fingerprint density at radius 2 is 2.00 bits per heavy atom. The molecule has 1 unspecified atom stereocenters. The molecule has 1 fully saturated rings. The van der Waals surface area contributed by atoms with E-state index in [4.69, 9.17) is 5.73 Å². The Bertz CT molecular complexity index is 831. The maximum absolute atomic E-state index is 13.0. The van der Waals surface area contributed by atoms with Crippen molar-refractivity contribution in [1.82, 2.24) is 4.90 Å². The molecule has 2 aromatic carbocycles. The number of nitrogens with two attached hydrogens (primary N) is 1. The van der Waals surface area contributed by atoms with Crippen LogP contribution in [0, 0.1) is 19.3 Å². The van der Waals surface area contributed by atoms with Crippen molar-refractivity contribution in [1.29, 1.82) is 0 Å². The Kier molecular flexibility index (Phi) is 5.97. The molecule has 1 saturated heterocycles. The number of rotatable bonds is 4. The summed E-state index contributed by atoms with van der Waals surface area (Å²) in [6.45, 7) is 10.0. The van der Waals surface area contributed by atoms with Gasteiger partial charge in [0.15, 0.2) is 0 Å². The van der Waals surface area contributed by atoms with Crippen LogP contribution in [0.3, 0.4) is 0 Å². The molecule has 1 amide bonds. The molecular weight excluding hydrogens is 352 g/mol. The SMILES string of the molecule is Cc1ccc(C)c(SCc2cccc(C(=O)N3CCC(N)C(C)(C)C3)c2)c1. The van der Waals surface area contributed by atoms with Crippen LogP contribution in [0.4, 0.5) is 0 Å². The van der Waals surface area contributed by atoms with Gasteiger partial charge in [0.05, 0.1) is 0 Å². The number of hydrogen-bond acceptors (Lipinski definition) is 3. The van der Waals surface area contributed by atoms with Gasteiger partial charge in [-0.3, -0.25) is 4.79 Å². The van der Waals surface area contributed by atoms with Crippen molar-refractivity contribution in [3.8, 4) is 0 Å². The molecule has 3 rings (SSSR count). The van der Waals surface area contributed by atoms with Crippen LogP contribution in [0.5, 0.6) is 0 Å². The summed E-state index contributed by atoms with van der Waals surface area (Å²) in [5.74, 6) is 0.982. The number of carbonyl (C=O) groups excluding carboxylic acids is 1. The molecule has 4 heteroatoms. The van der Waals surface area contributed by atoms with Crippen LogP contribution in [0.2, 0.25) is 0 Å². The highest BCUT2D eigenvalue weighted by Crippen LogP contribution is 2.30. The highest BCUT2D eigenvalue weighted by Gasteiger charge is 2.35. The van der Waals surface area contributed by atoms with Crippen molar-refractivity contribution < 1.29 is 4.79 Å². The molecule has 2 N–H and O–H groups in total. The largest absolute Gasteiger partial charge is 0.338 e. The molecule has 27 heavy (non-hydrogen) atoms. The molecule has 1 aliphatic heterocycles. The summed E-state index contributed by atoms with van der Waals surface area (Å²) >= 11 is 1.83. The number of likely N-dealkylation sites (tertiary alicyclic amines) is 1. The molecule has 1 heterocycles. The lowest BCUT2D eigenvalue weighted by Gasteiger charge is -2.42. The van der Waals surface area contributed by atoms with Gasteiger partial charge in [-0.05, 0) is 55.0 Å². The fraction of sp³-hybridized carbons (Fsp3) is 0.435. The van der Waals surface area contributed by atoms with Crippen molar-refractivity contribution in [2.75, 3.05) is 13.1 Å². The van der Waals surface area contributed by atoms with Crippen molar-refractivity contribution >= 4 is 17.7 Å². The lowest BCUT2D eigenvalue weighted by Crippen LogP contribution is -2.54. The molecular formula is C23H30N2OS. The highest BCUT2D eigenvalue weighted by molar-refractivity contribution is 7.98. The lowest BCUT2D eigenvalue weighted by atomic mass is 9.79. The zero-order chi connectivity index (χ0) is 19.6. The predicted molar refractivity (Wildman–Crippen MR) is 114 cm³/mol. The third-order valence-electron chi connectivity index (χ3n) is 5.51. The van der Waals surface area contributed by atoms with Crippen molar-refractivity contribution in [3.05, 3.63) is 64.7 Å². The van der Waals surface area contributed by atoms with Crippen LogP contribution in [0.1, 0.15) is 47.3 Å². The minimum Gasteiger partial charge on any atom is -0.338 e. The van der Waals surface area contributed by atoms with E-state index in [9.17, 15) is 4.79 Å². The van der Waals surface area contributed by atoms with Gasteiger partial charge in [-0.1, -0.05) is 43.7 Å². The second-order valence-corrected chi connectivity index (χ2v) is 9.39. The smallest absolute Gasteiger partial charge is 0.253 e. The first kappa shape index (κ1) is 20.0. The van der Waals surface area contributed by atoms with E-state index >= 15 is 0 Å². The Labute approximate surface area is 167 Å². The molecule has 2 aromatic rings. The summed E-state index contributed by atoms with van der Waals surface area (Å²) in [6, 6.07) is 14.8. The number of aryl methyl sites for hydroxylation is 2. The Morgan fingerprint density at radius 3 is 2.74 bits per heavy atom. The average Bonchev–Trinajstić information content (AvgIpc) is 2.64. The van der Waals surface area contributed by atoms with Crippen molar-refractivity contribution in [2.45, 2.75) is 50.8 Å². The van der Waals surface area contributed by atoms with Gasteiger partial charge in [0, 0.05) is 35.3 Å². The summed E-state index contributed by atoms with van der Waals surface area (Å²) in [4.78, 5) is 16.3. The van der Waals surface area contributed by atoms with E-state index in [1.807, 2.05) is 34.9 Å². The standard InChI is InChI=1S/C23H30N2OS/c1-16-8-9-17(2)20(12-16)27-14-18-6-5-7-19(13-18)22(26)25-11-10-21(24)23(3,4)15-25/h5-9,12-13,21H,10-11,14-15,24H2,1-4H3. The molecule has 0 spiro atoms. The number of amides is 1. The van der Waals surface area contributed by atoms with E-state index in [-0.39, 0.29) is 17.4 Å². The first-order valence-corrected chi connectivity index (χ1v) is 10.6. The van der Waals surface area contributed by atoms with Crippen molar-refractivity contribution in [3.63, 3.8) is 0 Å². The zero-order valence-corrected chi connectivity index (χ0v) is 17.6. The monoisotopic (exact) mass is 382 g/mol. The molecule has 0 radical (unpaired) electrons. The van der Waals surface area contributed by atoms with Gasteiger partial charge in [-0.2, -0.15) is 0 Å². The van der Waals surface area contributed by atoms with Gasteiger partial charge < -0.3 is 10.6 Å². The van der Waals surface area contributed by atoms with Crippen LogP contribution < -0.4 is 5.73 Å². The molecule has 1 aliphatic rings. The Morgan fingerprint density at radius 1 is 1.22 bits per heavy atom. The zero-order valence-electron chi connectivity index (χ0n) is 16.8. The molecule has 1 atom stereocenters. The molecule has 3 nitrogen and oxygen atoms in total. The van der Waals surface area contributed by atoms with E-state index < -0.39 is 0 Å². The number of nitrogens with zero attached hydrogens (tertiary/aromatic N) is 1. The summed E-state index contributed by atoms with van der Waals surface area (Å²) in [6.07, 6.45) is 0.862. The summed E-state index contributed by atoms with van der Waals surface area (Å²) in [5, 5.41) is 0. The topological polar surface area (TPSA) is 46.3 Å². The normalized spacial score (nSPS) is 19.1. The number of piperidine rings is 1. The third-order valence-corrected chi connectivity index (χ3v) is 6.74. The number of benzene rings is 2. The van der Waals surface area contributed by atoms with Crippen LogP contribution in [-0.2, 0) is 5.75 Å². The molecule has 0 aliphatic carbocycles. The van der Waals surface area contributed by atoms with Crippen LogP contribution >= 0.6 is 11.8 Å². The summed E-state index contributed by atoms with van der Waals surface area (Å²) < 4.78 is 0. The van der Waals surface area contributed by atoms with E-state index in [2.05, 4.69) is 52.0 Å². The van der Waals surface area contributed by atoms with Gasteiger partial charge in [0.25, 0.3) is 5.91 Å². The van der Waals surface area contributed by atoms with Gasteiger partial charge in [-0.25, -0.2) is 0 Å². The van der Waals surface area contributed by atoms with E-state index in [0.717, 1.165) is 24.3 Å². The Hall–Kier alpha value is -1.78. The Balaban J connectivity index is 1.70. The first-order valence-electron chi connectivity index (χ1n) is 9.60. The van der Waals surface area contributed by atoms with Gasteiger partial charge in [0.2, 0.25) is 0 Å². The second-order valence-electron chi connectivity index (χ2n) is 8.37. The first-order chi connectivity index (χ1) is 12.8. The van der Waals surface area contributed by atoms with Crippen molar-refractivity contribution in [2.24, 2.45) is 11.1 Å². The van der Waals surface area contributed by atoms with E-state index in [1.165, 1.54) is 21.6 Å². The average molecular weight is 383 g/mol. The van der Waals surface area contributed by atoms with Gasteiger partial charge in [0.1, 0.15) is 0 Å². The number of carbonyl (C=O) groups is 1. The maximum Gasteiger partial charge on any atom is 0.253 e. The van der Waals surface area contributed by atoms with Crippen LogP contribution in [-0.4, -0.2) is 29.9 Å². The minimum atomic E-state index is -0.0376. The van der Waals surface area contributed by atoms with Crippen LogP contribution in [0.25, 0.3) is 0 Å². The van der Waals surface area contributed by atoms with Crippen LogP contribution in [0.15, 0.2) is 47.4 Å². The second kappa shape index (κ2) is 8.07. The molecule has 0 bridgehead atoms. The summed E-state index contributed by atoms with van der Waals surface area (Å²) in [7, 11) is 0. The predicted octanol–water partition coefficient (Wildman–Crippen LogP) is 4.80. The highest BCUT2D eigenvalue weighted by atomic mass is 32.2. The molecule has 0 aromatic heterocycles. The third kappa shape index (κ3) is 4.74. The van der Waals surface area contributed by atoms with E-state index in [1.54, 1.807) is 0 Å². The van der Waals surface area contributed by atoms with Gasteiger partial charge in [-0.15, -0.1) is 11.8 Å². The quantitative estimate of drug-likeness (QED) is 0.773. The summed E-state index contributed by atoms with van der Waals surface area (Å²) in [5.41, 5.74) is 10.7. The number of hydrogen-bond donors (Lipinski definition) is 1.